The maximum atomic E-state index is 12.4. The van der Waals surface area contributed by atoms with Crippen LogP contribution < -0.4 is 0 Å². The number of aryl methyl sites for hydroxylation is 2. The smallest absolute Gasteiger partial charge is 0.339 e. The van der Waals surface area contributed by atoms with Crippen LogP contribution >= 0.6 is 0 Å². The number of benzene rings is 1. The Morgan fingerprint density at radius 2 is 2.10 bits per heavy atom. The highest BCUT2D eigenvalue weighted by Gasteiger charge is 2.16. The molecular weight excluding hydrogens is 276 g/mol. The van der Waals surface area contributed by atoms with Crippen LogP contribution in [0.25, 0.3) is 0 Å². The highest BCUT2D eigenvalue weighted by molar-refractivity contribution is 7.84. The number of carbonyl (C=O) groups is 1. The summed E-state index contributed by atoms with van der Waals surface area (Å²) in [7, 11) is -1.34. The molecule has 0 fully saturated rings. The van der Waals surface area contributed by atoms with Crippen LogP contribution in [0.2, 0.25) is 0 Å². The van der Waals surface area contributed by atoms with Crippen LogP contribution in [0.3, 0.4) is 0 Å². The van der Waals surface area contributed by atoms with Crippen LogP contribution in [-0.2, 0) is 16.6 Å². The lowest BCUT2D eigenvalue weighted by Crippen LogP contribution is -2.09. The Labute approximate surface area is 119 Å². The van der Waals surface area contributed by atoms with E-state index in [1.54, 1.807) is 0 Å². The first kappa shape index (κ1) is 14.3. The van der Waals surface area contributed by atoms with Crippen molar-refractivity contribution >= 4 is 16.8 Å². The van der Waals surface area contributed by atoms with E-state index < -0.39 is 16.8 Å². The van der Waals surface area contributed by atoms with E-state index in [0.717, 1.165) is 11.1 Å². The molecule has 104 valence electrons. The van der Waals surface area contributed by atoms with Crippen LogP contribution in [-0.4, -0.2) is 25.3 Å². The number of aromatic carboxylic acids is 1. The Balaban J connectivity index is 2.33. The van der Waals surface area contributed by atoms with E-state index in [2.05, 4.69) is 9.97 Å². The van der Waals surface area contributed by atoms with Gasteiger partial charge in [0, 0.05) is 11.1 Å². The van der Waals surface area contributed by atoms with E-state index in [0.29, 0.717) is 4.90 Å². The molecule has 2 aromatic rings. The van der Waals surface area contributed by atoms with Gasteiger partial charge in [0.05, 0.1) is 22.2 Å². The minimum Gasteiger partial charge on any atom is -0.478 e. The van der Waals surface area contributed by atoms with Crippen molar-refractivity contribution in [3.63, 3.8) is 0 Å². The van der Waals surface area contributed by atoms with Gasteiger partial charge in [-0.15, -0.1) is 0 Å². The summed E-state index contributed by atoms with van der Waals surface area (Å²) in [5.41, 5.74) is 2.21. The van der Waals surface area contributed by atoms with Crippen molar-refractivity contribution in [2.45, 2.75) is 24.5 Å². The van der Waals surface area contributed by atoms with Gasteiger partial charge in [0.15, 0.2) is 0 Å². The summed E-state index contributed by atoms with van der Waals surface area (Å²) in [6, 6.07) is 5.71. The second-order valence-corrected chi connectivity index (χ2v) is 5.87. The van der Waals surface area contributed by atoms with Crippen LogP contribution in [0.1, 0.15) is 27.2 Å². The van der Waals surface area contributed by atoms with Gasteiger partial charge < -0.3 is 5.11 Å². The molecule has 1 N–H and O–H groups in total. The number of hydrogen-bond acceptors (Lipinski definition) is 4. The Morgan fingerprint density at radius 1 is 1.35 bits per heavy atom. The van der Waals surface area contributed by atoms with Crippen LogP contribution in [0.4, 0.5) is 0 Å². The van der Waals surface area contributed by atoms with Gasteiger partial charge in [0.2, 0.25) is 0 Å². The fourth-order valence-corrected chi connectivity index (χ4v) is 3.18. The third kappa shape index (κ3) is 3.08. The fraction of sp³-hybridized carbons (Fsp3) is 0.214. The summed E-state index contributed by atoms with van der Waals surface area (Å²) < 4.78 is 12.4. The molecule has 0 bridgehead atoms. The van der Waals surface area contributed by atoms with Gasteiger partial charge in [0.25, 0.3) is 0 Å². The normalized spacial score (nSPS) is 12.1. The second kappa shape index (κ2) is 5.92. The Bertz CT molecular complexity index is 686. The van der Waals surface area contributed by atoms with E-state index in [4.69, 9.17) is 5.11 Å². The molecular formula is C14H14N2O3S. The van der Waals surface area contributed by atoms with Crippen LogP contribution in [0, 0.1) is 13.8 Å². The molecule has 0 radical (unpaired) electrons. The molecule has 0 aliphatic heterocycles. The van der Waals surface area contributed by atoms with Crippen LogP contribution in [0.5, 0.6) is 0 Å². The van der Waals surface area contributed by atoms with Gasteiger partial charge >= 0.3 is 5.97 Å². The van der Waals surface area contributed by atoms with E-state index >= 15 is 0 Å². The van der Waals surface area contributed by atoms with Gasteiger partial charge in [-0.1, -0.05) is 12.1 Å². The minimum absolute atomic E-state index is 0.00819. The quantitative estimate of drug-likeness (QED) is 0.932. The maximum Gasteiger partial charge on any atom is 0.339 e. The van der Waals surface area contributed by atoms with Crippen LogP contribution in [0.15, 0.2) is 35.6 Å². The lowest BCUT2D eigenvalue weighted by Gasteiger charge is -2.08. The molecule has 0 aliphatic carbocycles. The van der Waals surface area contributed by atoms with Gasteiger partial charge in [-0.2, -0.15) is 0 Å². The molecule has 5 nitrogen and oxygen atoms in total. The summed E-state index contributed by atoms with van der Waals surface area (Å²) in [6.45, 7) is 3.80. The molecule has 1 aromatic carbocycles. The number of aromatic nitrogens is 2. The van der Waals surface area contributed by atoms with E-state index in [1.165, 1.54) is 12.5 Å². The summed E-state index contributed by atoms with van der Waals surface area (Å²) in [5.74, 6) is -1.05. The minimum atomic E-state index is -1.34. The van der Waals surface area contributed by atoms with Gasteiger partial charge in [-0.3, -0.25) is 4.21 Å². The average molecular weight is 290 g/mol. The Kier molecular flexibility index (Phi) is 4.24. The van der Waals surface area contributed by atoms with E-state index in [1.807, 2.05) is 32.0 Å². The fourth-order valence-electron chi connectivity index (χ4n) is 1.80. The maximum absolute atomic E-state index is 12.4. The van der Waals surface area contributed by atoms with Crippen molar-refractivity contribution in [2.24, 2.45) is 0 Å². The molecule has 0 aliphatic rings. The standard InChI is InChI=1S/C14H14N2O3S/c1-9-3-4-10(2)13(5-9)20(19)7-12-11(14(17)18)6-15-8-16-12/h3-6,8H,7H2,1-2H3,(H,17,18). The summed E-state index contributed by atoms with van der Waals surface area (Å²) >= 11 is 0. The average Bonchev–Trinajstić information content (AvgIpc) is 2.41. The number of rotatable bonds is 4. The summed E-state index contributed by atoms with van der Waals surface area (Å²) in [6.07, 6.45) is 2.49. The Morgan fingerprint density at radius 3 is 2.80 bits per heavy atom. The van der Waals surface area contributed by atoms with Crippen molar-refractivity contribution in [3.05, 3.63) is 53.1 Å². The topological polar surface area (TPSA) is 80.2 Å². The summed E-state index contributed by atoms with van der Waals surface area (Å²) in [4.78, 5) is 19.4. The molecule has 1 atom stereocenters. The molecule has 0 saturated carbocycles. The molecule has 2 rings (SSSR count). The SMILES string of the molecule is Cc1ccc(C)c(S(=O)Cc2ncncc2C(=O)O)c1. The third-order valence-corrected chi connectivity index (χ3v) is 4.35. The molecule has 1 unspecified atom stereocenters. The second-order valence-electron chi connectivity index (χ2n) is 4.45. The monoisotopic (exact) mass is 290 g/mol. The van der Waals surface area contributed by atoms with Crippen molar-refractivity contribution < 1.29 is 14.1 Å². The highest BCUT2D eigenvalue weighted by Crippen LogP contribution is 2.18. The number of hydrogen-bond donors (Lipinski definition) is 1. The molecule has 20 heavy (non-hydrogen) atoms. The largest absolute Gasteiger partial charge is 0.478 e. The van der Waals surface area contributed by atoms with Crippen molar-refractivity contribution in [2.75, 3.05) is 0 Å². The van der Waals surface area contributed by atoms with Gasteiger partial charge in [0.1, 0.15) is 11.9 Å². The molecule has 1 aromatic heterocycles. The number of carboxylic acid groups (broad SMARTS) is 1. The number of carboxylic acids is 1. The van der Waals surface area contributed by atoms with Crippen molar-refractivity contribution in [1.82, 2.24) is 9.97 Å². The third-order valence-electron chi connectivity index (χ3n) is 2.88. The molecule has 6 heteroatoms. The van der Waals surface area contributed by atoms with E-state index in [9.17, 15) is 9.00 Å². The first-order chi connectivity index (χ1) is 9.49. The van der Waals surface area contributed by atoms with E-state index in [-0.39, 0.29) is 17.0 Å². The molecule has 0 saturated heterocycles. The molecule has 0 amide bonds. The zero-order valence-electron chi connectivity index (χ0n) is 11.2. The van der Waals surface area contributed by atoms with Gasteiger partial charge in [-0.25, -0.2) is 14.8 Å². The predicted molar refractivity (Wildman–Crippen MR) is 75.0 cm³/mol. The van der Waals surface area contributed by atoms with Crippen molar-refractivity contribution in [1.29, 1.82) is 0 Å². The zero-order chi connectivity index (χ0) is 14.7. The summed E-state index contributed by atoms with van der Waals surface area (Å²) in [5, 5.41) is 9.07. The first-order valence-corrected chi connectivity index (χ1v) is 7.28. The Hall–Kier alpha value is -2.08. The first-order valence-electron chi connectivity index (χ1n) is 5.97. The lowest BCUT2D eigenvalue weighted by molar-refractivity contribution is 0.0695. The van der Waals surface area contributed by atoms with Crippen molar-refractivity contribution in [3.8, 4) is 0 Å². The van der Waals surface area contributed by atoms with Gasteiger partial charge in [-0.05, 0) is 31.0 Å². The number of nitrogens with zero attached hydrogens (tertiary/aromatic N) is 2. The predicted octanol–water partition coefficient (Wildman–Crippen LogP) is 2.10. The highest BCUT2D eigenvalue weighted by atomic mass is 32.2. The zero-order valence-corrected chi connectivity index (χ0v) is 12.0. The molecule has 0 spiro atoms. The molecule has 1 heterocycles. The lowest BCUT2D eigenvalue weighted by atomic mass is 10.2.